The minimum atomic E-state index is -3.54. The average Bonchev–Trinajstić information content (AvgIpc) is 4.06. The number of thioether (sulfide) groups is 2. The van der Waals surface area contributed by atoms with Gasteiger partial charge in [0.05, 0.1) is 23.3 Å². The van der Waals surface area contributed by atoms with Crippen LogP contribution in [0.25, 0.3) is 0 Å². The van der Waals surface area contributed by atoms with Gasteiger partial charge in [0.1, 0.15) is 20.1 Å². The van der Waals surface area contributed by atoms with E-state index < -0.39 is 31.2 Å². The van der Waals surface area contributed by atoms with Crippen molar-refractivity contribution in [2.24, 2.45) is 0 Å². The van der Waals surface area contributed by atoms with Crippen molar-refractivity contribution in [1.29, 1.82) is 0 Å². The van der Waals surface area contributed by atoms with Crippen LogP contribution in [0, 0.1) is 11.6 Å². The fourth-order valence-corrected chi connectivity index (χ4v) is 14.9. The predicted molar refractivity (Wildman–Crippen MR) is 266 cm³/mol. The number of halogens is 2. The van der Waals surface area contributed by atoms with Gasteiger partial charge in [-0.2, -0.15) is 8.61 Å². The van der Waals surface area contributed by atoms with Crippen molar-refractivity contribution >= 4 is 77.6 Å². The van der Waals surface area contributed by atoms with Crippen LogP contribution in [-0.2, 0) is 31.2 Å². The molecule has 4 aromatic carbocycles. The molecule has 0 unspecified atom stereocenters. The molecule has 2 aliphatic rings. The molecule has 0 amide bonds. The summed E-state index contributed by atoms with van der Waals surface area (Å²) in [4.78, 5) is 6.33. The van der Waals surface area contributed by atoms with Crippen molar-refractivity contribution in [2.75, 3.05) is 60.6 Å². The average molecular weight is 1010 g/mol. The molecule has 2 aromatic heterocycles. The Kier molecular flexibility index (Phi) is 16.1. The van der Waals surface area contributed by atoms with Gasteiger partial charge < -0.3 is 20.0 Å². The summed E-state index contributed by atoms with van der Waals surface area (Å²) in [5, 5.41) is 24.1. The Morgan fingerprint density at radius 2 is 0.894 bits per heavy atom. The van der Waals surface area contributed by atoms with E-state index in [1.807, 2.05) is 48.5 Å². The molecule has 10 nitrogen and oxygen atoms in total. The highest BCUT2D eigenvalue weighted by Gasteiger charge is 2.37. The lowest BCUT2D eigenvalue weighted by Crippen LogP contribution is -2.55. The van der Waals surface area contributed by atoms with Crippen molar-refractivity contribution in [3.63, 3.8) is 0 Å². The summed E-state index contributed by atoms with van der Waals surface area (Å²) in [6.45, 7) is 9.62. The van der Waals surface area contributed by atoms with E-state index in [9.17, 15) is 35.8 Å². The highest BCUT2D eigenvalue weighted by atomic mass is 32.3. The highest BCUT2D eigenvalue weighted by molar-refractivity contribution is 7.99. The fourth-order valence-electron chi connectivity index (χ4n) is 7.70. The summed E-state index contributed by atoms with van der Waals surface area (Å²) in [5.41, 5.74) is 1.76. The summed E-state index contributed by atoms with van der Waals surface area (Å²) in [6, 6.07) is 34.9. The number of hydrogen-bond acceptors (Lipinski definition) is 12. The van der Waals surface area contributed by atoms with Crippen LogP contribution in [0.2, 0.25) is 0 Å². The lowest BCUT2D eigenvalue weighted by molar-refractivity contribution is 0.0780. The van der Waals surface area contributed by atoms with Crippen LogP contribution in [0.5, 0.6) is 0 Å². The number of piperazine rings is 2. The molecule has 66 heavy (non-hydrogen) atoms. The second kappa shape index (κ2) is 21.2. The van der Waals surface area contributed by atoms with Gasteiger partial charge in [-0.1, -0.05) is 36.4 Å². The Labute approximate surface area is 404 Å². The predicted octanol–water partition coefficient (Wildman–Crippen LogP) is 9.57. The van der Waals surface area contributed by atoms with Crippen LogP contribution < -0.4 is 9.80 Å². The summed E-state index contributed by atoms with van der Waals surface area (Å²) in [6.07, 6.45) is 0. The number of anilines is 2. The third kappa shape index (κ3) is 12.4. The van der Waals surface area contributed by atoms with E-state index in [-0.39, 0.29) is 23.7 Å². The molecule has 2 fully saturated rings. The Bertz CT molecular complexity index is 2510. The number of benzene rings is 4. The van der Waals surface area contributed by atoms with E-state index in [2.05, 4.69) is 9.80 Å². The highest BCUT2D eigenvalue weighted by Crippen LogP contribution is 2.33. The zero-order chi connectivity index (χ0) is 47.3. The third-order valence-electron chi connectivity index (χ3n) is 11.4. The van der Waals surface area contributed by atoms with Crippen LogP contribution >= 0.6 is 46.2 Å². The van der Waals surface area contributed by atoms with Gasteiger partial charge >= 0.3 is 0 Å². The van der Waals surface area contributed by atoms with Crippen LogP contribution in [-0.4, -0.2) is 98.5 Å². The van der Waals surface area contributed by atoms with Crippen molar-refractivity contribution in [2.45, 2.75) is 69.2 Å². The number of hydrogen-bond donors (Lipinski definition) is 2. The van der Waals surface area contributed by atoms with Gasteiger partial charge in [-0.3, -0.25) is 0 Å². The molecular weight excluding hydrogens is 959 g/mol. The van der Waals surface area contributed by atoms with Gasteiger partial charge in [-0.05, 0) is 135 Å². The second-order valence-corrected chi connectivity index (χ2v) is 25.4. The number of thiophene rings is 2. The minimum absolute atomic E-state index is 0.0727. The molecule has 2 N–H and O–H groups in total. The van der Waals surface area contributed by atoms with Crippen molar-refractivity contribution < 1.29 is 35.8 Å². The fraction of sp³-hybridized carbons (Fsp3) is 0.333. The summed E-state index contributed by atoms with van der Waals surface area (Å²) in [7, 11) is -7.08. The number of nitrogens with zero attached hydrogens (tertiary/aromatic N) is 4. The third-order valence-corrected chi connectivity index (χ3v) is 20.2. The van der Waals surface area contributed by atoms with E-state index in [1.165, 1.54) is 46.9 Å². The van der Waals surface area contributed by atoms with Crippen molar-refractivity contribution in [3.05, 3.63) is 155 Å². The Hall–Kier alpha value is -3.82. The van der Waals surface area contributed by atoms with E-state index in [0.717, 1.165) is 32.3 Å². The Morgan fingerprint density at radius 3 is 1.20 bits per heavy atom. The number of aliphatic hydroxyl groups is 2. The molecule has 2 saturated heterocycles. The van der Waals surface area contributed by atoms with Crippen molar-refractivity contribution in [1.82, 2.24) is 8.61 Å². The molecule has 0 aliphatic carbocycles. The van der Waals surface area contributed by atoms with Gasteiger partial charge in [0.15, 0.2) is 0 Å². The SMILES string of the molecule is CC(C)(O)c1ccc(N2CCN(S(=O)(=O)c3cccs3)C[C@@H]2CSc2ccc(F)cc2)cc1.CC(C)(O)c1ccc(N2CCN(S(=O)(=O)c3cccs3)C[C@@H]2CSc2ccc(F)cc2)cc1. The van der Waals surface area contributed by atoms with Gasteiger partial charge in [-0.15, -0.1) is 46.2 Å². The molecule has 0 radical (unpaired) electrons. The van der Waals surface area contributed by atoms with E-state index in [4.69, 9.17) is 0 Å². The number of sulfonamides is 2. The Balaban J connectivity index is 0.000000196. The molecule has 0 spiro atoms. The Morgan fingerprint density at radius 1 is 0.545 bits per heavy atom. The van der Waals surface area contributed by atoms with Gasteiger partial charge in [0, 0.05) is 71.9 Å². The molecule has 6 aromatic rings. The summed E-state index contributed by atoms with van der Waals surface area (Å²) in [5.74, 6) is 0.738. The van der Waals surface area contributed by atoms with Gasteiger partial charge in [0.25, 0.3) is 20.0 Å². The zero-order valence-electron chi connectivity index (χ0n) is 37.0. The quantitative estimate of drug-likeness (QED) is 0.102. The van der Waals surface area contributed by atoms with Gasteiger partial charge in [0.2, 0.25) is 0 Å². The molecule has 352 valence electrons. The zero-order valence-corrected chi connectivity index (χ0v) is 41.9. The standard InChI is InChI=1S/2C24H27FN2O3S3/c2*1-24(2,28)18-5-9-20(10-6-18)27-14-13-26(33(29,30)23-4-3-15-31-23)16-21(27)17-32-22-11-7-19(25)8-12-22/h2*3-12,15,21,28H,13-14,16-17H2,1-2H3/t2*21-/m11/s1. The summed E-state index contributed by atoms with van der Waals surface area (Å²) >= 11 is 5.63. The molecule has 2 atom stereocenters. The lowest BCUT2D eigenvalue weighted by atomic mass is 9.98. The van der Waals surface area contributed by atoms with Crippen LogP contribution in [0.4, 0.5) is 20.2 Å². The molecule has 4 heterocycles. The first-order valence-electron chi connectivity index (χ1n) is 21.3. The first-order chi connectivity index (χ1) is 31.3. The number of rotatable bonds is 14. The second-order valence-electron chi connectivity index (χ2n) is 17.0. The van der Waals surface area contributed by atoms with E-state index >= 15 is 0 Å². The monoisotopic (exact) mass is 1010 g/mol. The van der Waals surface area contributed by atoms with Gasteiger partial charge in [-0.25, -0.2) is 25.6 Å². The maximum absolute atomic E-state index is 13.3. The molecule has 0 bridgehead atoms. The first-order valence-corrected chi connectivity index (χ1v) is 27.9. The maximum Gasteiger partial charge on any atom is 0.252 e. The minimum Gasteiger partial charge on any atom is -0.386 e. The van der Waals surface area contributed by atoms with Crippen LogP contribution in [0.3, 0.4) is 0 Å². The van der Waals surface area contributed by atoms with Crippen LogP contribution in [0.15, 0.2) is 150 Å². The maximum atomic E-state index is 13.3. The van der Waals surface area contributed by atoms with E-state index in [0.29, 0.717) is 59.2 Å². The van der Waals surface area contributed by atoms with Crippen LogP contribution in [0.1, 0.15) is 38.8 Å². The molecule has 8 rings (SSSR count). The molecule has 2 aliphatic heterocycles. The summed E-state index contributed by atoms with van der Waals surface area (Å²) < 4.78 is 83.0. The topological polar surface area (TPSA) is 122 Å². The molecular formula is C48H54F2N4O6S6. The molecule has 18 heteroatoms. The lowest BCUT2D eigenvalue weighted by Gasteiger charge is -2.42. The molecule has 0 saturated carbocycles. The normalized spacial score (nSPS) is 17.9. The van der Waals surface area contributed by atoms with Crippen molar-refractivity contribution in [3.8, 4) is 0 Å². The largest absolute Gasteiger partial charge is 0.386 e. The van der Waals surface area contributed by atoms with E-state index in [1.54, 1.807) is 119 Å². The first kappa shape index (κ1) is 50.1. The smallest absolute Gasteiger partial charge is 0.252 e.